The molecule has 3 heteroatoms. The number of likely N-dealkylation sites (tertiary alicyclic amines) is 1. The number of carbonyl (C=O) groups is 1. The molecule has 0 spiro atoms. The van der Waals surface area contributed by atoms with Gasteiger partial charge in [-0.25, -0.2) is 4.79 Å². The molecule has 1 aliphatic carbocycles. The van der Waals surface area contributed by atoms with Crippen molar-refractivity contribution in [3.05, 3.63) is 12.2 Å². The summed E-state index contributed by atoms with van der Waals surface area (Å²) in [6, 6.07) is 0.640. The summed E-state index contributed by atoms with van der Waals surface area (Å²) in [6.45, 7) is 5.19. The van der Waals surface area contributed by atoms with Crippen LogP contribution < -0.4 is 0 Å². The largest absolute Gasteiger partial charge is 0.478 e. The molecule has 0 radical (unpaired) electrons. The average molecular weight is 181 g/mol. The van der Waals surface area contributed by atoms with Gasteiger partial charge in [-0.15, -0.1) is 0 Å². The summed E-state index contributed by atoms with van der Waals surface area (Å²) in [7, 11) is 0. The van der Waals surface area contributed by atoms with Gasteiger partial charge in [0.1, 0.15) is 0 Å². The zero-order valence-corrected chi connectivity index (χ0v) is 7.70. The molecule has 2 fully saturated rings. The third-order valence-electron chi connectivity index (χ3n) is 3.22. The van der Waals surface area contributed by atoms with Crippen LogP contribution in [0.5, 0.6) is 0 Å². The minimum Gasteiger partial charge on any atom is -0.478 e. The zero-order chi connectivity index (χ0) is 9.42. The lowest BCUT2D eigenvalue weighted by Crippen LogP contribution is -2.34. The van der Waals surface area contributed by atoms with Gasteiger partial charge in [0.05, 0.1) is 0 Å². The van der Waals surface area contributed by atoms with E-state index in [1.54, 1.807) is 0 Å². The Balaban J connectivity index is 1.90. The Hall–Kier alpha value is -0.830. The van der Waals surface area contributed by atoms with Gasteiger partial charge in [0.25, 0.3) is 0 Å². The number of rotatable bonds is 3. The Bertz CT molecular complexity index is 249. The molecular weight excluding hydrogens is 166 g/mol. The minimum absolute atomic E-state index is 0.326. The van der Waals surface area contributed by atoms with Crippen LogP contribution in [0, 0.1) is 5.92 Å². The summed E-state index contributed by atoms with van der Waals surface area (Å²) in [5, 5.41) is 8.69. The lowest BCUT2D eigenvalue weighted by molar-refractivity contribution is -0.132. The minimum atomic E-state index is -0.859. The second-order valence-electron chi connectivity index (χ2n) is 4.17. The standard InChI is InChI=1S/C10H15NO2/c1-7(10(12)13)5-11-6-8-2-3-9(11)4-8/h8-9H,1-6H2,(H,12,13). The molecule has 1 N–H and O–H groups in total. The first kappa shape index (κ1) is 8.75. The van der Waals surface area contributed by atoms with Crippen molar-refractivity contribution in [2.24, 2.45) is 5.92 Å². The molecule has 2 unspecified atom stereocenters. The fraction of sp³-hybridized carbons (Fsp3) is 0.700. The van der Waals surface area contributed by atoms with Crippen molar-refractivity contribution >= 4 is 5.97 Å². The number of hydrogen-bond donors (Lipinski definition) is 1. The van der Waals surface area contributed by atoms with E-state index in [1.165, 1.54) is 19.3 Å². The molecular formula is C10H15NO2. The predicted octanol–water partition coefficient (Wildman–Crippen LogP) is 1.11. The van der Waals surface area contributed by atoms with Crippen molar-refractivity contribution in [3.8, 4) is 0 Å². The zero-order valence-electron chi connectivity index (χ0n) is 7.70. The van der Waals surface area contributed by atoms with Gasteiger partial charge in [-0.1, -0.05) is 6.58 Å². The van der Waals surface area contributed by atoms with E-state index in [9.17, 15) is 4.79 Å². The van der Waals surface area contributed by atoms with Gasteiger partial charge in [-0.2, -0.15) is 0 Å². The van der Waals surface area contributed by atoms with E-state index in [-0.39, 0.29) is 0 Å². The van der Waals surface area contributed by atoms with E-state index >= 15 is 0 Å². The highest BCUT2D eigenvalue weighted by atomic mass is 16.4. The SMILES string of the molecule is C=C(CN1CC2CCC1C2)C(=O)O. The van der Waals surface area contributed by atoms with Crippen LogP contribution in [0.4, 0.5) is 0 Å². The molecule has 0 aromatic carbocycles. The highest BCUT2D eigenvalue weighted by Crippen LogP contribution is 2.37. The lowest BCUT2D eigenvalue weighted by Gasteiger charge is -2.26. The number of nitrogens with zero attached hydrogens (tertiary/aromatic N) is 1. The molecule has 1 saturated heterocycles. The van der Waals surface area contributed by atoms with Crippen LogP contribution in [-0.2, 0) is 4.79 Å². The molecule has 0 aromatic rings. The number of carboxylic acid groups (broad SMARTS) is 1. The molecule has 0 amide bonds. The molecule has 13 heavy (non-hydrogen) atoms. The summed E-state index contributed by atoms with van der Waals surface area (Å²) in [5.74, 6) is -0.0330. The van der Waals surface area contributed by atoms with Crippen molar-refractivity contribution in [1.82, 2.24) is 4.90 Å². The van der Waals surface area contributed by atoms with Gasteiger partial charge >= 0.3 is 5.97 Å². The molecule has 0 aromatic heterocycles. The Morgan fingerprint density at radius 3 is 2.77 bits per heavy atom. The lowest BCUT2D eigenvalue weighted by atomic mass is 10.1. The topological polar surface area (TPSA) is 40.5 Å². The maximum absolute atomic E-state index is 10.6. The van der Waals surface area contributed by atoms with Gasteiger partial charge in [0, 0.05) is 24.7 Å². The third-order valence-corrected chi connectivity index (χ3v) is 3.22. The average Bonchev–Trinajstić information content (AvgIpc) is 2.64. The second-order valence-corrected chi connectivity index (χ2v) is 4.17. The molecule has 2 bridgehead atoms. The Morgan fingerprint density at radius 1 is 1.54 bits per heavy atom. The molecule has 2 rings (SSSR count). The first-order valence-corrected chi connectivity index (χ1v) is 4.82. The monoisotopic (exact) mass is 181 g/mol. The number of aliphatic carboxylic acids is 1. The van der Waals surface area contributed by atoms with Crippen LogP contribution in [0.1, 0.15) is 19.3 Å². The maximum Gasteiger partial charge on any atom is 0.332 e. The molecule has 72 valence electrons. The normalized spacial score (nSPS) is 32.3. The van der Waals surface area contributed by atoms with Gasteiger partial charge in [0.2, 0.25) is 0 Å². The van der Waals surface area contributed by atoms with E-state index in [0.717, 1.165) is 12.5 Å². The fourth-order valence-corrected chi connectivity index (χ4v) is 2.53. The molecule has 1 saturated carbocycles. The molecule has 3 nitrogen and oxygen atoms in total. The van der Waals surface area contributed by atoms with Crippen molar-refractivity contribution in [1.29, 1.82) is 0 Å². The molecule has 1 heterocycles. The smallest absolute Gasteiger partial charge is 0.332 e. The van der Waals surface area contributed by atoms with E-state index in [0.29, 0.717) is 18.2 Å². The number of piperidine rings is 1. The van der Waals surface area contributed by atoms with Gasteiger partial charge in [-0.3, -0.25) is 4.90 Å². The quantitative estimate of drug-likeness (QED) is 0.663. The Kier molecular flexibility index (Phi) is 2.12. The van der Waals surface area contributed by atoms with Crippen LogP contribution in [-0.4, -0.2) is 35.1 Å². The first-order chi connectivity index (χ1) is 6.16. The maximum atomic E-state index is 10.6. The van der Waals surface area contributed by atoms with Gasteiger partial charge in [-0.05, 0) is 25.2 Å². The van der Waals surface area contributed by atoms with Crippen LogP contribution >= 0.6 is 0 Å². The summed E-state index contributed by atoms with van der Waals surface area (Å²) >= 11 is 0. The summed E-state index contributed by atoms with van der Waals surface area (Å²) in [4.78, 5) is 12.8. The summed E-state index contributed by atoms with van der Waals surface area (Å²) in [6.07, 6.45) is 3.85. The molecule has 1 aliphatic heterocycles. The van der Waals surface area contributed by atoms with Crippen molar-refractivity contribution in [2.75, 3.05) is 13.1 Å². The predicted molar refractivity (Wildman–Crippen MR) is 49.5 cm³/mol. The van der Waals surface area contributed by atoms with Crippen molar-refractivity contribution in [3.63, 3.8) is 0 Å². The summed E-state index contributed by atoms with van der Waals surface area (Å²) < 4.78 is 0. The molecule has 2 aliphatic rings. The van der Waals surface area contributed by atoms with E-state index in [2.05, 4.69) is 11.5 Å². The highest BCUT2D eigenvalue weighted by molar-refractivity contribution is 5.86. The fourth-order valence-electron chi connectivity index (χ4n) is 2.53. The number of carboxylic acids is 1. The Morgan fingerprint density at radius 2 is 2.31 bits per heavy atom. The van der Waals surface area contributed by atoms with Gasteiger partial charge in [0.15, 0.2) is 0 Å². The number of hydrogen-bond acceptors (Lipinski definition) is 2. The highest BCUT2D eigenvalue weighted by Gasteiger charge is 2.37. The summed E-state index contributed by atoms with van der Waals surface area (Å²) in [5.41, 5.74) is 0.326. The van der Waals surface area contributed by atoms with E-state index < -0.39 is 5.97 Å². The van der Waals surface area contributed by atoms with Crippen LogP contribution in [0.2, 0.25) is 0 Å². The van der Waals surface area contributed by atoms with Crippen molar-refractivity contribution in [2.45, 2.75) is 25.3 Å². The van der Waals surface area contributed by atoms with E-state index in [1.807, 2.05) is 0 Å². The van der Waals surface area contributed by atoms with Crippen molar-refractivity contribution < 1.29 is 9.90 Å². The van der Waals surface area contributed by atoms with Crippen LogP contribution in [0.15, 0.2) is 12.2 Å². The van der Waals surface area contributed by atoms with Gasteiger partial charge < -0.3 is 5.11 Å². The number of fused-ring (bicyclic) bond motifs is 2. The first-order valence-electron chi connectivity index (χ1n) is 4.82. The van der Waals surface area contributed by atoms with Crippen LogP contribution in [0.25, 0.3) is 0 Å². The van der Waals surface area contributed by atoms with E-state index in [4.69, 9.17) is 5.11 Å². The second kappa shape index (κ2) is 3.14. The Labute approximate surface area is 78.0 Å². The third kappa shape index (κ3) is 1.61. The molecule has 2 atom stereocenters. The van der Waals surface area contributed by atoms with Crippen LogP contribution in [0.3, 0.4) is 0 Å².